The van der Waals surface area contributed by atoms with E-state index in [4.69, 9.17) is 27.9 Å². The van der Waals surface area contributed by atoms with Crippen LogP contribution in [0.5, 0.6) is 0 Å². The Balaban J connectivity index is 1.60. The van der Waals surface area contributed by atoms with E-state index in [1.54, 1.807) is 36.0 Å². The van der Waals surface area contributed by atoms with Crippen molar-refractivity contribution in [3.05, 3.63) is 69.5 Å². The van der Waals surface area contributed by atoms with Crippen molar-refractivity contribution in [2.24, 2.45) is 0 Å². The predicted molar refractivity (Wildman–Crippen MR) is 114 cm³/mol. The fourth-order valence-corrected chi connectivity index (χ4v) is 4.85. The molecular weight excluding hydrogens is 420 g/mol. The summed E-state index contributed by atoms with van der Waals surface area (Å²) in [6.45, 7) is 1.52. The van der Waals surface area contributed by atoms with Crippen LogP contribution in [0.2, 0.25) is 10.0 Å². The van der Waals surface area contributed by atoms with Crippen molar-refractivity contribution in [2.75, 3.05) is 25.5 Å². The molecule has 2 aromatic rings. The van der Waals surface area contributed by atoms with Crippen molar-refractivity contribution in [3.8, 4) is 0 Å². The Morgan fingerprint density at radius 1 is 1.18 bits per heavy atom. The second kappa shape index (κ2) is 9.97. The van der Waals surface area contributed by atoms with Gasteiger partial charge in [0.15, 0.2) is 0 Å². The molecule has 0 bridgehead atoms. The number of carbonyl (C=O) groups excluding carboxylic acids is 1. The molecule has 0 aromatic heterocycles. The molecule has 1 aliphatic heterocycles. The van der Waals surface area contributed by atoms with Crippen LogP contribution in [0, 0.1) is 5.82 Å². The topological polar surface area (TPSA) is 38.3 Å². The maximum absolute atomic E-state index is 13.7. The van der Waals surface area contributed by atoms with Gasteiger partial charge < -0.3 is 10.1 Å². The zero-order valence-electron chi connectivity index (χ0n) is 15.3. The molecule has 28 heavy (non-hydrogen) atoms. The zero-order chi connectivity index (χ0) is 20.0. The summed E-state index contributed by atoms with van der Waals surface area (Å²) in [6.07, 6.45) is 1.14. The fraction of sp³-hybridized carbons (Fsp3) is 0.381. The average molecular weight is 442 g/mol. The summed E-state index contributed by atoms with van der Waals surface area (Å²) in [7, 11) is 0. The normalized spacial score (nSPS) is 16.0. The second-order valence-electron chi connectivity index (χ2n) is 6.72. The molecule has 7 heteroatoms. The van der Waals surface area contributed by atoms with E-state index in [9.17, 15) is 9.18 Å². The largest absolute Gasteiger partial charge is 0.381 e. The Labute approximate surface area is 178 Å². The van der Waals surface area contributed by atoms with Crippen LogP contribution in [0.15, 0.2) is 42.5 Å². The third kappa shape index (κ3) is 5.01. The van der Waals surface area contributed by atoms with Gasteiger partial charge in [0.2, 0.25) is 5.91 Å². The summed E-state index contributed by atoms with van der Waals surface area (Å²) in [4.78, 5) is 13.1. The van der Waals surface area contributed by atoms with Crippen molar-refractivity contribution >= 4 is 40.9 Å². The molecule has 1 heterocycles. The van der Waals surface area contributed by atoms with Crippen molar-refractivity contribution in [1.82, 2.24) is 5.32 Å². The molecule has 2 aromatic carbocycles. The number of hydrogen-bond donors (Lipinski definition) is 1. The smallest absolute Gasteiger partial charge is 0.230 e. The molecule has 1 aliphatic rings. The van der Waals surface area contributed by atoms with Gasteiger partial charge in [-0.3, -0.25) is 4.79 Å². The number of benzene rings is 2. The molecule has 0 saturated carbocycles. The predicted octanol–water partition coefficient (Wildman–Crippen LogP) is 5.23. The number of ether oxygens (including phenoxy) is 1. The van der Waals surface area contributed by atoms with Crippen molar-refractivity contribution in [2.45, 2.75) is 24.0 Å². The standard InChI is InChI=1S/C21H22Cl2FNO2S/c22-16-5-6-17(18(23)13-16)21(7-10-27-11-8-21)20(26)25-9-12-28-14-15-3-1-2-4-19(15)24/h1-6,13H,7-12,14H2,(H,25,26). The highest BCUT2D eigenvalue weighted by Crippen LogP contribution is 2.39. The Morgan fingerprint density at radius 2 is 1.93 bits per heavy atom. The first kappa shape index (κ1) is 21.4. The highest BCUT2D eigenvalue weighted by molar-refractivity contribution is 7.98. The lowest BCUT2D eigenvalue weighted by Gasteiger charge is -2.36. The van der Waals surface area contributed by atoms with Gasteiger partial charge in [-0.2, -0.15) is 11.8 Å². The van der Waals surface area contributed by atoms with E-state index in [0.29, 0.717) is 59.7 Å². The molecule has 0 unspecified atom stereocenters. The molecule has 0 spiro atoms. The van der Waals surface area contributed by atoms with Gasteiger partial charge in [-0.1, -0.05) is 47.5 Å². The molecule has 3 nitrogen and oxygen atoms in total. The van der Waals surface area contributed by atoms with Crippen molar-refractivity contribution < 1.29 is 13.9 Å². The van der Waals surface area contributed by atoms with Crippen LogP contribution in [-0.2, 0) is 20.7 Å². The van der Waals surface area contributed by atoms with E-state index >= 15 is 0 Å². The molecule has 3 rings (SSSR count). The average Bonchev–Trinajstić information content (AvgIpc) is 2.69. The number of thioether (sulfide) groups is 1. The van der Waals surface area contributed by atoms with E-state index < -0.39 is 5.41 Å². The van der Waals surface area contributed by atoms with Crippen molar-refractivity contribution in [1.29, 1.82) is 0 Å². The van der Waals surface area contributed by atoms with Gasteiger partial charge in [0.25, 0.3) is 0 Å². The van der Waals surface area contributed by atoms with Crippen LogP contribution in [0.25, 0.3) is 0 Å². The minimum Gasteiger partial charge on any atom is -0.381 e. The van der Waals surface area contributed by atoms with E-state index in [-0.39, 0.29) is 11.7 Å². The minimum absolute atomic E-state index is 0.0495. The zero-order valence-corrected chi connectivity index (χ0v) is 17.7. The SMILES string of the molecule is O=C(NCCSCc1ccccc1F)C1(c2ccc(Cl)cc2Cl)CCOCC1. The molecule has 0 aliphatic carbocycles. The monoisotopic (exact) mass is 441 g/mol. The third-order valence-corrected chi connectivity index (χ3v) is 6.53. The molecule has 0 atom stereocenters. The second-order valence-corrected chi connectivity index (χ2v) is 8.67. The summed E-state index contributed by atoms with van der Waals surface area (Å²) in [5.74, 6) is 1.02. The van der Waals surface area contributed by atoms with Gasteiger partial charge in [-0.25, -0.2) is 4.39 Å². The number of amides is 1. The Bertz CT molecular complexity index is 828. The first-order valence-electron chi connectivity index (χ1n) is 9.16. The number of rotatable bonds is 7. The molecule has 1 N–H and O–H groups in total. The van der Waals surface area contributed by atoms with E-state index in [1.165, 1.54) is 6.07 Å². The molecule has 1 saturated heterocycles. The van der Waals surface area contributed by atoms with Crippen LogP contribution in [0.3, 0.4) is 0 Å². The van der Waals surface area contributed by atoms with E-state index in [0.717, 1.165) is 5.56 Å². The fourth-order valence-electron chi connectivity index (χ4n) is 3.42. The van der Waals surface area contributed by atoms with Crippen LogP contribution >= 0.6 is 35.0 Å². The van der Waals surface area contributed by atoms with Gasteiger partial charge >= 0.3 is 0 Å². The molecule has 0 radical (unpaired) electrons. The molecular formula is C21H22Cl2FNO2S. The van der Waals surface area contributed by atoms with Crippen molar-refractivity contribution in [3.63, 3.8) is 0 Å². The number of nitrogens with one attached hydrogen (secondary N) is 1. The lowest BCUT2D eigenvalue weighted by Crippen LogP contribution is -2.48. The van der Waals surface area contributed by atoms with Gasteiger partial charge in [0, 0.05) is 41.3 Å². The van der Waals surface area contributed by atoms with Gasteiger partial charge in [0.05, 0.1) is 5.41 Å². The lowest BCUT2D eigenvalue weighted by molar-refractivity contribution is -0.130. The van der Waals surface area contributed by atoms with Crippen LogP contribution in [0.1, 0.15) is 24.0 Å². The first-order chi connectivity index (χ1) is 13.5. The summed E-state index contributed by atoms with van der Waals surface area (Å²) in [5, 5.41) is 4.07. The number of hydrogen-bond acceptors (Lipinski definition) is 3. The Morgan fingerprint density at radius 3 is 2.64 bits per heavy atom. The molecule has 1 fully saturated rings. The number of halogens is 3. The maximum Gasteiger partial charge on any atom is 0.230 e. The van der Waals surface area contributed by atoms with Crippen LogP contribution in [-0.4, -0.2) is 31.4 Å². The lowest BCUT2D eigenvalue weighted by atomic mass is 9.73. The minimum atomic E-state index is -0.712. The molecule has 1 amide bonds. The molecule has 150 valence electrons. The third-order valence-electron chi connectivity index (χ3n) is 4.98. The summed E-state index contributed by atoms with van der Waals surface area (Å²) in [5.41, 5.74) is 0.752. The maximum atomic E-state index is 13.7. The highest BCUT2D eigenvalue weighted by Gasteiger charge is 2.42. The summed E-state index contributed by atoms with van der Waals surface area (Å²) < 4.78 is 19.1. The van der Waals surface area contributed by atoms with Gasteiger partial charge in [0.1, 0.15) is 5.82 Å². The van der Waals surface area contributed by atoms with Crippen LogP contribution < -0.4 is 5.32 Å². The van der Waals surface area contributed by atoms with E-state index in [2.05, 4.69) is 5.32 Å². The van der Waals surface area contributed by atoms with E-state index in [1.807, 2.05) is 12.1 Å². The van der Waals surface area contributed by atoms with Gasteiger partial charge in [-0.05, 0) is 42.2 Å². The Kier molecular flexibility index (Phi) is 7.63. The summed E-state index contributed by atoms with van der Waals surface area (Å²) in [6, 6.07) is 12.0. The quantitative estimate of drug-likeness (QED) is 0.597. The highest BCUT2D eigenvalue weighted by atomic mass is 35.5. The van der Waals surface area contributed by atoms with Gasteiger partial charge in [-0.15, -0.1) is 0 Å². The van der Waals surface area contributed by atoms with Crippen LogP contribution in [0.4, 0.5) is 4.39 Å². The number of carbonyl (C=O) groups is 1. The summed E-state index contributed by atoms with van der Waals surface area (Å²) >= 11 is 14.0. The Hall–Kier alpha value is -1.27. The first-order valence-corrected chi connectivity index (χ1v) is 11.1.